The molecule has 3 aromatic rings. The third-order valence-corrected chi connectivity index (χ3v) is 16.3. The van der Waals surface area contributed by atoms with Crippen LogP contribution >= 0.6 is 19.4 Å². The first-order valence-corrected chi connectivity index (χ1v) is 36.1. The first-order valence-electron chi connectivity index (χ1n) is 34.3. The van der Waals surface area contributed by atoms with Crippen molar-refractivity contribution in [1.82, 2.24) is 20.5 Å². The van der Waals surface area contributed by atoms with Gasteiger partial charge in [0.15, 0.2) is 23.3 Å². The van der Waals surface area contributed by atoms with Gasteiger partial charge in [0.25, 0.3) is 5.56 Å². The van der Waals surface area contributed by atoms with E-state index in [0.717, 1.165) is 19.3 Å². The third kappa shape index (κ3) is 39.5. The minimum atomic E-state index is -4.61. The van der Waals surface area contributed by atoms with E-state index in [1.807, 2.05) is 13.8 Å². The number of benzene rings is 2. The van der Waals surface area contributed by atoms with E-state index in [4.69, 9.17) is 58.5 Å². The molecule has 0 aliphatic rings. The van der Waals surface area contributed by atoms with Gasteiger partial charge in [-0.2, -0.15) is 0 Å². The summed E-state index contributed by atoms with van der Waals surface area (Å²) in [5, 5.41) is 20.8. The van der Waals surface area contributed by atoms with Gasteiger partial charge in [-0.05, 0) is 76.3 Å². The fraction of sp³-hybridized carbons (Fsp3) is 0.652. The average Bonchev–Trinajstić information content (AvgIpc) is 0.798. The molecule has 6 N–H and O–H groups in total. The van der Waals surface area contributed by atoms with Crippen LogP contribution in [0.4, 0.5) is 10.5 Å². The van der Waals surface area contributed by atoms with E-state index >= 15 is 0 Å². The van der Waals surface area contributed by atoms with Crippen LogP contribution in [-0.2, 0) is 72.6 Å². The fourth-order valence-corrected chi connectivity index (χ4v) is 11.0. The van der Waals surface area contributed by atoms with Gasteiger partial charge in [0, 0.05) is 55.2 Å². The number of rotatable bonds is 58. The van der Waals surface area contributed by atoms with Crippen molar-refractivity contribution in [1.29, 1.82) is 0 Å². The summed E-state index contributed by atoms with van der Waals surface area (Å²) in [6.45, 7) is 8.39. The normalized spacial score (nSPS) is 12.4. The van der Waals surface area contributed by atoms with E-state index in [9.17, 15) is 52.9 Å². The summed E-state index contributed by atoms with van der Waals surface area (Å²) in [7, 11) is -4.61. The number of carbonyl (C=O) groups is 7. The smallest absolute Gasteiger partial charge is 0.472 e. The van der Waals surface area contributed by atoms with Gasteiger partial charge < -0.3 is 73.7 Å². The molecule has 0 aliphatic carbocycles. The molecule has 1 unspecified atom stereocenters. The number of ketones is 1. The number of aryl methyl sites for hydroxylation is 1. The maximum absolute atomic E-state index is 14.3. The molecule has 2 aromatic carbocycles. The Morgan fingerprint density at radius 2 is 1.28 bits per heavy atom. The van der Waals surface area contributed by atoms with Gasteiger partial charge in [0.1, 0.15) is 37.9 Å². The molecule has 0 saturated heterocycles. The lowest BCUT2D eigenvalue weighted by atomic mass is 10.0. The van der Waals surface area contributed by atoms with Crippen LogP contribution in [0, 0.1) is 6.92 Å². The summed E-state index contributed by atoms with van der Waals surface area (Å²) in [6, 6.07) is 10.0. The number of carboxylic acids is 1. The predicted octanol–water partition coefficient (Wildman–Crippen LogP) is 11.4. The second kappa shape index (κ2) is 51.5. The maximum Gasteiger partial charge on any atom is 0.472 e. The van der Waals surface area contributed by atoms with Gasteiger partial charge in [0.05, 0.1) is 71.9 Å². The van der Waals surface area contributed by atoms with Gasteiger partial charge in [-0.25, -0.2) is 9.36 Å². The minimum Gasteiger partial charge on any atom is -0.494 e. The number of aromatic nitrogens is 1. The van der Waals surface area contributed by atoms with Crippen molar-refractivity contribution in [2.24, 2.45) is 0 Å². The van der Waals surface area contributed by atoms with E-state index in [1.165, 1.54) is 82.1 Å². The van der Waals surface area contributed by atoms with Gasteiger partial charge in [0.2, 0.25) is 11.8 Å². The molecule has 4 amide bonds. The summed E-state index contributed by atoms with van der Waals surface area (Å²) in [4.78, 5) is 111. The van der Waals surface area contributed by atoms with Crippen LogP contribution in [0.2, 0.25) is 5.02 Å². The Morgan fingerprint density at radius 3 is 1.94 bits per heavy atom. The molecule has 97 heavy (non-hydrogen) atoms. The fourth-order valence-electron chi connectivity index (χ4n) is 10.0. The molecule has 0 saturated carbocycles. The van der Waals surface area contributed by atoms with Crippen molar-refractivity contribution < 1.29 is 95.1 Å². The number of carbonyl (C=O) groups excluding carboxylic acids is 6. The summed E-state index contributed by atoms with van der Waals surface area (Å²) in [5.41, 5.74) is 0.777. The molecule has 28 heteroatoms. The molecule has 0 fully saturated rings. The van der Waals surface area contributed by atoms with E-state index < -0.39 is 74.3 Å². The second-order valence-electron chi connectivity index (χ2n) is 23.3. The van der Waals surface area contributed by atoms with Crippen LogP contribution in [0.25, 0.3) is 0 Å². The Bertz CT molecular complexity index is 2920. The van der Waals surface area contributed by atoms with Crippen molar-refractivity contribution in [2.75, 3.05) is 97.7 Å². The molecule has 1 heterocycles. The van der Waals surface area contributed by atoms with Crippen LogP contribution in [0.15, 0.2) is 53.5 Å². The molecule has 0 bridgehead atoms. The average molecular weight is 1410 g/mol. The summed E-state index contributed by atoms with van der Waals surface area (Å²) in [6.07, 6.45) is 20.7. The number of Topliss-reactive ketones (excluding diaryl/α,β-unsaturated/α-hetero) is 1. The van der Waals surface area contributed by atoms with Crippen molar-refractivity contribution in [3.8, 4) is 17.2 Å². The van der Waals surface area contributed by atoms with Crippen LogP contribution in [-0.4, -0.2) is 155 Å². The van der Waals surface area contributed by atoms with Gasteiger partial charge in [-0.3, -0.25) is 42.6 Å². The number of phosphoric acid groups is 1. The first-order chi connectivity index (χ1) is 46.7. The van der Waals surface area contributed by atoms with Crippen molar-refractivity contribution in [3.05, 3.63) is 80.7 Å². The zero-order valence-electron chi connectivity index (χ0n) is 57.6. The summed E-state index contributed by atoms with van der Waals surface area (Å²) in [5.74, 6) is -2.36. The zero-order chi connectivity index (χ0) is 70.9. The molecule has 26 nitrogen and oxygen atoms in total. The standard InChI is InChI=1S/C69H107ClN5O21P/c1-6-9-10-11-12-13-14-15-16-17-18-19-20-21-24-35-65(82)96-57(48-93-53(5)76)49-95-97(85,86)94-39-29-31-55(77)47-88-42-41-87-40-37-72-63(79)51-89-50-62(78)71-36-25-22-23-26-38-92-67-52(4)45-75(46-58-59(70)33-28-34-61(58)91-8-3)68(83)66(67)74-69(84)73-60(44-64(80)81)54-30-27-32-56(43-54)90-7-2/h27-28,30,32-34,43,45,57,60H,6-26,29,31,35-42,44,46-51H2,1-5H3,(H,71,78)(H,72,79)(H,80,81)(H,85,86)(H2,73,74,84)/t57-,60+/m1/s1. The largest absolute Gasteiger partial charge is 0.494 e. The Balaban J connectivity index is 1.25. The molecule has 3 rings (SSSR count). The molecular weight excluding hydrogens is 1300 g/mol. The number of hydrogen-bond acceptors (Lipinski definition) is 19. The lowest BCUT2D eigenvalue weighted by Gasteiger charge is -2.21. The monoisotopic (exact) mass is 1410 g/mol. The molecule has 546 valence electrons. The van der Waals surface area contributed by atoms with Gasteiger partial charge >= 0.3 is 31.8 Å². The van der Waals surface area contributed by atoms with Crippen molar-refractivity contribution >= 4 is 66.6 Å². The summed E-state index contributed by atoms with van der Waals surface area (Å²) < 4.78 is 67.9. The van der Waals surface area contributed by atoms with Crippen molar-refractivity contribution in [3.63, 3.8) is 0 Å². The Kier molecular flexibility index (Phi) is 44.9. The van der Waals surface area contributed by atoms with Crippen LogP contribution in [0.1, 0.15) is 198 Å². The first kappa shape index (κ1) is 84.6. The van der Waals surface area contributed by atoms with Gasteiger partial charge in [-0.15, -0.1) is 0 Å². The molecule has 0 radical (unpaired) electrons. The molecule has 1 aromatic heterocycles. The highest BCUT2D eigenvalue weighted by Crippen LogP contribution is 2.43. The number of urea groups is 1. The van der Waals surface area contributed by atoms with Crippen LogP contribution in [0.3, 0.4) is 0 Å². The SMILES string of the molecule is CCCCCCCCCCCCCCCCCC(=O)O[C@H](COC(C)=O)COP(=O)(O)OCCCC(=O)COCCOCCNC(=O)COCC(=O)NCCCCCCOc1c(C)cn(Cc2c(Cl)cccc2OCC)c(=O)c1NC(=O)N[C@@H](CC(=O)O)c1cccc(OCC)c1. The second-order valence-corrected chi connectivity index (χ2v) is 25.2. The minimum absolute atomic E-state index is 0.00121. The Labute approximate surface area is 576 Å². The van der Waals surface area contributed by atoms with Crippen molar-refractivity contribution in [2.45, 2.75) is 201 Å². The number of ether oxygens (including phenoxy) is 8. The number of hydrogen-bond donors (Lipinski definition) is 6. The molecule has 3 atom stereocenters. The Hall–Kier alpha value is -6.64. The number of phosphoric ester groups is 1. The van der Waals surface area contributed by atoms with E-state index in [-0.39, 0.29) is 109 Å². The van der Waals surface area contributed by atoms with E-state index in [0.29, 0.717) is 85.1 Å². The molecule has 0 spiro atoms. The third-order valence-electron chi connectivity index (χ3n) is 15.0. The molecular formula is C69H107ClN5O21P. The number of pyridine rings is 1. The highest BCUT2D eigenvalue weighted by molar-refractivity contribution is 7.47. The number of halogens is 1. The highest BCUT2D eigenvalue weighted by Gasteiger charge is 2.27. The number of nitrogens with zero attached hydrogens (tertiary/aromatic N) is 1. The number of amides is 4. The number of aliphatic carboxylic acids is 1. The highest BCUT2D eigenvalue weighted by atomic mass is 35.5. The topological polar surface area (TPSA) is 339 Å². The number of anilines is 1. The number of carboxylic acid groups (broad SMARTS) is 1. The van der Waals surface area contributed by atoms with E-state index in [2.05, 4.69) is 28.2 Å². The maximum atomic E-state index is 14.3. The van der Waals surface area contributed by atoms with Crippen LogP contribution in [0.5, 0.6) is 17.2 Å². The number of unbranched alkanes of at least 4 members (excludes halogenated alkanes) is 17. The predicted molar refractivity (Wildman–Crippen MR) is 366 cm³/mol. The summed E-state index contributed by atoms with van der Waals surface area (Å²) >= 11 is 6.59. The lowest BCUT2D eigenvalue weighted by molar-refractivity contribution is -0.160. The zero-order valence-corrected chi connectivity index (χ0v) is 59.2. The molecule has 0 aliphatic heterocycles. The van der Waals surface area contributed by atoms with Crippen LogP contribution < -0.4 is 41.0 Å². The quantitative estimate of drug-likeness (QED) is 0.0174. The van der Waals surface area contributed by atoms with E-state index in [1.54, 1.807) is 55.6 Å². The van der Waals surface area contributed by atoms with Gasteiger partial charge in [-0.1, -0.05) is 139 Å². The lowest BCUT2D eigenvalue weighted by Crippen LogP contribution is -2.36. The number of nitrogens with one attached hydrogen (secondary N) is 4. The number of esters is 2. The Morgan fingerprint density at radius 1 is 0.649 bits per heavy atom.